The number of hydrogen-bond acceptors (Lipinski definition) is 5. The maximum Gasteiger partial charge on any atom is 0.290 e. The second kappa shape index (κ2) is 6.03. The van der Waals surface area contributed by atoms with Gasteiger partial charge in [0.05, 0.1) is 13.2 Å². The summed E-state index contributed by atoms with van der Waals surface area (Å²) in [5.74, 6) is 1.58. The number of halogens is 1. The van der Waals surface area contributed by atoms with E-state index >= 15 is 0 Å². The highest BCUT2D eigenvalue weighted by Gasteiger charge is 2.14. The average molecular weight is 353 g/mol. The van der Waals surface area contributed by atoms with Crippen molar-refractivity contribution in [2.75, 3.05) is 31.2 Å². The van der Waals surface area contributed by atoms with Gasteiger partial charge < -0.3 is 14.1 Å². The molecule has 1 aliphatic rings. The van der Waals surface area contributed by atoms with Crippen LogP contribution in [-0.4, -0.2) is 31.3 Å². The summed E-state index contributed by atoms with van der Waals surface area (Å²) >= 11 is 8.56. The van der Waals surface area contributed by atoms with Crippen molar-refractivity contribution in [1.82, 2.24) is 4.98 Å². The van der Waals surface area contributed by atoms with Gasteiger partial charge in [-0.15, -0.1) is 0 Å². The number of ether oxygens (including phenoxy) is 1. The first-order chi connectivity index (χ1) is 9.72. The minimum Gasteiger partial charge on any atom is -0.430 e. The molecular weight excluding hydrogens is 340 g/mol. The summed E-state index contributed by atoms with van der Waals surface area (Å²) < 4.78 is 12.0. The topological polar surface area (TPSA) is 38.5 Å². The molecule has 0 unspecified atom stereocenters. The van der Waals surface area contributed by atoms with Gasteiger partial charge in [0.25, 0.3) is 4.84 Å². The molecule has 0 spiro atoms. The lowest BCUT2D eigenvalue weighted by Gasteiger charge is -2.27. The fraction of sp³-hybridized carbons (Fsp3) is 0.286. The normalized spacial score (nSPS) is 15.3. The summed E-state index contributed by atoms with van der Waals surface area (Å²) in [5.41, 5.74) is 0.983. The predicted molar refractivity (Wildman–Crippen MR) is 83.5 cm³/mol. The van der Waals surface area contributed by atoms with E-state index in [1.165, 1.54) is 0 Å². The van der Waals surface area contributed by atoms with E-state index in [2.05, 4.69) is 25.8 Å². The fourth-order valence-corrected chi connectivity index (χ4v) is 2.55. The molecule has 3 rings (SSSR count). The maximum atomic E-state index is 5.57. The van der Waals surface area contributed by atoms with Crippen LogP contribution in [0.15, 0.2) is 39.2 Å². The van der Waals surface area contributed by atoms with E-state index in [-0.39, 0.29) is 4.84 Å². The Bertz CT molecular complexity index is 651. The van der Waals surface area contributed by atoms with E-state index in [0.717, 1.165) is 34.7 Å². The molecule has 0 radical (unpaired) electrons. The van der Waals surface area contributed by atoms with Crippen molar-refractivity contribution in [1.29, 1.82) is 0 Å². The molecule has 2 heterocycles. The van der Waals surface area contributed by atoms with Crippen LogP contribution in [-0.2, 0) is 4.74 Å². The fourth-order valence-electron chi connectivity index (χ4n) is 2.10. The number of anilines is 1. The lowest BCUT2D eigenvalue weighted by molar-refractivity contribution is 0.122. The van der Waals surface area contributed by atoms with E-state index in [4.69, 9.17) is 21.4 Å². The van der Waals surface area contributed by atoms with Crippen LogP contribution in [0.25, 0.3) is 11.3 Å². The molecule has 0 atom stereocenters. The maximum absolute atomic E-state index is 5.57. The highest BCUT2D eigenvalue weighted by atomic mass is 79.9. The van der Waals surface area contributed by atoms with Gasteiger partial charge in [0.2, 0.25) is 0 Å². The van der Waals surface area contributed by atoms with Crippen molar-refractivity contribution in [3.8, 4) is 11.3 Å². The van der Waals surface area contributed by atoms with Crippen molar-refractivity contribution < 1.29 is 9.15 Å². The van der Waals surface area contributed by atoms with E-state index in [1.807, 2.05) is 30.3 Å². The summed E-state index contributed by atoms with van der Waals surface area (Å²) in [6.45, 7) is 3.08. The number of benzene rings is 1. The molecule has 1 aromatic heterocycles. The monoisotopic (exact) mass is 352 g/mol. The molecule has 0 bridgehead atoms. The summed E-state index contributed by atoms with van der Waals surface area (Å²) in [7, 11) is 0. The highest BCUT2D eigenvalue weighted by Crippen LogP contribution is 2.25. The van der Waals surface area contributed by atoms with Gasteiger partial charge >= 0.3 is 0 Å². The zero-order valence-electron chi connectivity index (χ0n) is 10.7. The zero-order chi connectivity index (χ0) is 13.9. The third-order valence-electron chi connectivity index (χ3n) is 3.13. The average Bonchev–Trinajstić information content (AvgIpc) is 2.48. The Morgan fingerprint density at radius 2 is 1.85 bits per heavy atom. The van der Waals surface area contributed by atoms with Gasteiger partial charge in [-0.05, 0) is 24.4 Å². The Morgan fingerprint density at radius 1 is 1.15 bits per heavy atom. The highest BCUT2D eigenvalue weighted by molar-refractivity contribution is 9.10. The lowest BCUT2D eigenvalue weighted by Crippen LogP contribution is -2.36. The van der Waals surface area contributed by atoms with E-state index in [1.54, 1.807) is 0 Å². The number of morpholine rings is 1. The SMILES string of the molecule is S=c1nc(N2CCOCC2)cc(-c2ccc(Br)cc2)o1. The Labute approximate surface area is 130 Å². The Morgan fingerprint density at radius 3 is 2.55 bits per heavy atom. The van der Waals surface area contributed by atoms with Gasteiger partial charge in [-0.3, -0.25) is 0 Å². The summed E-state index contributed by atoms with van der Waals surface area (Å²) in [6.07, 6.45) is 0. The molecular formula is C14H13BrN2O2S. The molecule has 1 aromatic carbocycles. The molecule has 6 heteroatoms. The number of aromatic nitrogens is 1. The van der Waals surface area contributed by atoms with Gasteiger partial charge in [0, 0.05) is 29.2 Å². The van der Waals surface area contributed by atoms with Crippen molar-refractivity contribution in [3.05, 3.63) is 39.6 Å². The number of hydrogen-bond donors (Lipinski definition) is 0. The molecule has 2 aromatic rings. The van der Waals surface area contributed by atoms with Gasteiger partial charge in [-0.1, -0.05) is 28.1 Å². The molecule has 0 aliphatic carbocycles. The third-order valence-corrected chi connectivity index (χ3v) is 3.83. The van der Waals surface area contributed by atoms with Gasteiger partial charge in [-0.25, -0.2) is 0 Å². The van der Waals surface area contributed by atoms with Crippen LogP contribution in [0.1, 0.15) is 0 Å². The number of rotatable bonds is 2. The third kappa shape index (κ3) is 3.08. The van der Waals surface area contributed by atoms with Crippen LogP contribution in [0, 0.1) is 4.84 Å². The van der Waals surface area contributed by atoms with E-state index in [9.17, 15) is 0 Å². The molecule has 0 amide bonds. The predicted octanol–water partition coefficient (Wildman–Crippen LogP) is 3.67. The van der Waals surface area contributed by atoms with Crippen LogP contribution in [0.2, 0.25) is 0 Å². The lowest BCUT2D eigenvalue weighted by atomic mass is 10.2. The molecule has 1 fully saturated rings. The minimum absolute atomic E-state index is 0.256. The van der Waals surface area contributed by atoms with Crippen molar-refractivity contribution >= 4 is 34.0 Å². The van der Waals surface area contributed by atoms with Gasteiger partial charge in [-0.2, -0.15) is 4.98 Å². The van der Waals surface area contributed by atoms with Crippen LogP contribution in [0.5, 0.6) is 0 Å². The standard InChI is InChI=1S/C14H13BrN2O2S/c15-11-3-1-10(2-4-11)12-9-13(16-14(20)19-12)17-5-7-18-8-6-17/h1-4,9H,5-8H2. The molecule has 20 heavy (non-hydrogen) atoms. The van der Waals surface area contributed by atoms with Gasteiger partial charge in [0.1, 0.15) is 11.6 Å². The largest absolute Gasteiger partial charge is 0.430 e. The molecule has 0 N–H and O–H groups in total. The van der Waals surface area contributed by atoms with Crippen molar-refractivity contribution in [3.63, 3.8) is 0 Å². The summed E-state index contributed by atoms with van der Waals surface area (Å²) in [6, 6.07) is 9.86. The van der Waals surface area contributed by atoms with Crippen molar-refractivity contribution in [2.45, 2.75) is 0 Å². The molecule has 1 aliphatic heterocycles. The van der Waals surface area contributed by atoms with Crippen LogP contribution in [0.4, 0.5) is 5.82 Å². The molecule has 104 valence electrons. The second-order valence-corrected chi connectivity index (χ2v) is 5.72. The zero-order valence-corrected chi connectivity index (χ0v) is 13.1. The Hall–Kier alpha value is -1.24. The molecule has 0 saturated carbocycles. The first-order valence-electron chi connectivity index (χ1n) is 6.33. The smallest absolute Gasteiger partial charge is 0.290 e. The van der Waals surface area contributed by atoms with Gasteiger partial charge in [0.15, 0.2) is 0 Å². The minimum atomic E-state index is 0.256. The second-order valence-electron chi connectivity index (χ2n) is 4.45. The first kappa shape index (κ1) is 13.7. The first-order valence-corrected chi connectivity index (χ1v) is 7.53. The molecule has 1 saturated heterocycles. The summed E-state index contributed by atoms with van der Waals surface area (Å²) in [4.78, 5) is 6.73. The Kier molecular flexibility index (Phi) is 4.14. The summed E-state index contributed by atoms with van der Waals surface area (Å²) in [5, 5.41) is 0. The Balaban J connectivity index is 1.97. The van der Waals surface area contributed by atoms with E-state index in [0.29, 0.717) is 13.2 Å². The van der Waals surface area contributed by atoms with Crippen LogP contribution in [0.3, 0.4) is 0 Å². The number of nitrogens with zero attached hydrogens (tertiary/aromatic N) is 2. The van der Waals surface area contributed by atoms with Crippen LogP contribution >= 0.6 is 28.1 Å². The van der Waals surface area contributed by atoms with E-state index < -0.39 is 0 Å². The van der Waals surface area contributed by atoms with Crippen molar-refractivity contribution in [2.24, 2.45) is 0 Å². The molecule has 4 nitrogen and oxygen atoms in total. The van der Waals surface area contributed by atoms with Crippen LogP contribution < -0.4 is 4.90 Å². The quantitative estimate of drug-likeness (QED) is 0.771.